The average molecular weight is 567 g/mol. The number of aliphatic hydroxyl groups is 1. The number of carboxylic acid groups (broad SMARTS) is 1. The Morgan fingerprint density at radius 3 is 2.49 bits per heavy atom. The maximum absolute atomic E-state index is 13.7. The van der Waals surface area contributed by atoms with E-state index in [2.05, 4.69) is 15.5 Å². The van der Waals surface area contributed by atoms with Crippen LogP contribution >= 0.6 is 0 Å². The van der Waals surface area contributed by atoms with Gasteiger partial charge in [-0.2, -0.15) is 0 Å². The highest BCUT2D eigenvalue weighted by atomic mass is 16.5. The number of fused-ring (bicyclic) bond motifs is 1. The molecule has 0 bridgehead atoms. The molecule has 1 fully saturated rings. The Hall–Kier alpha value is -3.63. The first-order valence-electron chi connectivity index (χ1n) is 14.5. The van der Waals surface area contributed by atoms with Crippen molar-refractivity contribution >= 4 is 23.6 Å². The van der Waals surface area contributed by atoms with Crippen LogP contribution in [0.15, 0.2) is 42.5 Å². The lowest BCUT2D eigenvalue weighted by Gasteiger charge is -2.38. The minimum absolute atomic E-state index is 0.0953. The van der Waals surface area contributed by atoms with Gasteiger partial charge in [0.2, 0.25) is 0 Å². The summed E-state index contributed by atoms with van der Waals surface area (Å²) in [7, 11) is 1.96. The van der Waals surface area contributed by atoms with Gasteiger partial charge in [0, 0.05) is 31.6 Å². The van der Waals surface area contributed by atoms with Crippen LogP contribution in [0.25, 0.3) is 0 Å². The second-order valence-corrected chi connectivity index (χ2v) is 11.4. The number of ether oxygens (including phenoxy) is 1. The fourth-order valence-corrected chi connectivity index (χ4v) is 5.59. The molecule has 0 unspecified atom stereocenters. The molecule has 2 aliphatic rings. The lowest BCUT2D eigenvalue weighted by Crippen LogP contribution is -2.50. The van der Waals surface area contributed by atoms with Crippen molar-refractivity contribution in [1.29, 1.82) is 0 Å². The third-order valence-corrected chi connectivity index (χ3v) is 8.02. The van der Waals surface area contributed by atoms with Gasteiger partial charge in [-0.1, -0.05) is 44.4 Å². The number of anilines is 1. The lowest BCUT2D eigenvalue weighted by atomic mass is 9.96. The normalized spacial score (nSPS) is 20.4. The minimum Gasteiger partial charge on any atom is -0.486 e. The molecule has 1 heterocycles. The molecule has 0 radical (unpaired) electrons. The third kappa shape index (κ3) is 7.77. The van der Waals surface area contributed by atoms with Gasteiger partial charge in [-0.15, -0.1) is 0 Å². The molecule has 0 saturated heterocycles. The Bertz CT molecular complexity index is 1210. The quantitative estimate of drug-likeness (QED) is 0.358. The molecule has 0 spiro atoms. The summed E-state index contributed by atoms with van der Waals surface area (Å²) in [5.74, 6) is -0.993. The minimum atomic E-state index is -0.964. The van der Waals surface area contributed by atoms with Crippen molar-refractivity contribution in [2.24, 2.45) is 5.92 Å². The number of likely N-dealkylation sites (N-methyl/N-ethyl adjacent to an activating group) is 1. The van der Waals surface area contributed by atoms with Gasteiger partial charge in [-0.25, -0.2) is 9.59 Å². The molecule has 2 aromatic carbocycles. The van der Waals surface area contributed by atoms with Crippen LogP contribution in [0.2, 0.25) is 0 Å². The van der Waals surface area contributed by atoms with Gasteiger partial charge in [0.15, 0.2) is 5.75 Å². The number of carbonyl (C=O) groups is 3. The van der Waals surface area contributed by atoms with Gasteiger partial charge in [-0.05, 0) is 56.6 Å². The monoisotopic (exact) mass is 566 g/mol. The number of carboxylic acids is 1. The summed E-state index contributed by atoms with van der Waals surface area (Å²) in [6.45, 7) is 5.13. The Balaban J connectivity index is 1.58. The smallest absolute Gasteiger partial charge is 0.335 e. The number of amides is 3. The van der Waals surface area contributed by atoms with E-state index in [1.165, 1.54) is 6.42 Å². The molecule has 3 amide bonds. The summed E-state index contributed by atoms with van der Waals surface area (Å²) in [4.78, 5) is 41.6. The number of para-hydroxylation sites is 1. The zero-order valence-electron chi connectivity index (χ0n) is 24.1. The first-order chi connectivity index (χ1) is 19.7. The van der Waals surface area contributed by atoms with E-state index in [4.69, 9.17) is 4.74 Å². The molecule has 4 N–H and O–H groups in total. The first kappa shape index (κ1) is 30.3. The van der Waals surface area contributed by atoms with E-state index in [0.717, 1.165) is 31.2 Å². The zero-order valence-corrected chi connectivity index (χ0v) is 24.1. The summed E-state index contributed by atoms with van der Waals surface area (Å²) in [6.07, 6.45) is 4.94. The van der Waals surface area contributed by atoms with Crippen molar-refractivity contribution in [2.45, 2.75) is 70.7 Å². The summed E-state index contributed by atoms with van der Waals surface area (Å²) in [6, 6.07) is 11.3. The Morgan fingerprint density at radius 2 is 1.83 bits per heavy atom. The summed E-state index contributed by atoms with van der Waals surface area (Å²) in [5, 5.41) is 25.1. The van der Waals surface area contributed by atoms with E-state index in [1.807, 2.05) is 20.9 Å². The van der Waals surface area contributed by atoms with Crippen LogP contribution in [0.1, 0.15) is 72.2 Å². The van der Waals surface area contributed by atoms with Gasteiger partial charge in [0.1, 0.15) is 6.10 Å². The second-order valence-electron chi connectivity index (χ2n) is 11.4. The van der Waals surface area contributed by atoms with Gasteiger partial charge >= 0.3 is 12.0 Å². The molecule has 2 aromatic rings. The van der Waals surface area contributed by atoms with Crippen molar-refractivity contribution < 1.29 is 29.3 Å². The van der Waals surface area contributed by atoms with Crippen LogP contribution in [-0.2, 0) is 6.54 Å². The predicted octanol–water partition coefficient (Wildman–Crippen LogP) is 4.19. The van der Waals surface area contributed by atoms with Gasteiger partial charge in [0.05, 0.1) is 29.5 Å². The summed E-state index contributed by atoms with van der Waals surface area (Å²) < 4.78 is 6.59. The van der Waals surface area contributed by atoms with E-state index >= 15 is 0 Å². The van der Waals surface area contributed by atoms with Crippen LogP contribution in [-0.4, -0.2) is 82.9 Å². The van der Waals surface area contributed by atoms with Crippen LogP contribution in [0.5, 0.6) is 5.75 Å². The van der Waals surface area contributed by atoms with Crippen molar-refractivity contribution in [2.75, 3.05) is 32.1 Å². The van der Waals surface area contributed by atoms with Crippen molar-refractivity contribution in [3.8, 4) is 5.75 Å². The number of benzene rings is 2. The molecule has 3 atom stereocenters. The Kier molecular flexibility index (Phi) is 10.2. The van der Waals surface area contributed by atoms with E-state index in [-0.39, 0.29) is 42.2 Å². The van der Waals surface area contributed by atoms with Crippen molar-refractivity contribution in [3.63, 3.8) is 0 Å². The number of hydrogen-bond donors (Lipinski definition) is 4. The highest BCUT2D eigenvalue weighted by molar-refractivity contribution is 6.01. The first-order valence-corrected chi connectivity index (χ1v) is 14.5. The summed E-state index contributed by atoms with van der Waals surface area (Å²) >= 11 is 0. The number of nitrogens with zero attached hydrogens (tertiary/aromatic N) is 2. The molecule has 222 valence electrons. The highest BCUT2D eigenvalue weighted by Gasteiger charge is 2.34. The predicted molar refractivity (Wildman–Crippen MR) is 156 cm³/mol. The van der Waals surface area contributed by atoms with Crippen LogP contribution in [0.4, 0.5) is 10.5 Å². The van der Waals surface area contributed by atoms with Gasteiger partial charge in [0.25, 0.3) is 5.91 Å². The third-order valence-electron chi connectivity index (χ3n) is 8.02. The number of carbonyl (C=O) groups excluding carboxylic acids is 2. The molecule has 0 aromatic heterocycles. The molecule has 10 nitrogen and oxygen atoms in total. The maximum Gasteiger partial charge on any atom is 0.335 e. The van der Waals surface area contributed by atoms with E-state index in [9.17, 15) is 24.6 Å². The molecule has 1 aliphatic heterocycles. The lowest BCUT2D eigenvalue weighted by molar-refractivity contribution is 0.0343. The molecule has 10 heteroatoms. The fourth-order valence-electron chi connectivity index (χ4n) is 5.59. The van der Waals surface area contributed by atoms with Crippen LogP contribution < -0.4 is 15.4 Å². The van der Waals surface area contributed by atoms with E-state index in [0.29, 0.717) is 36.6 Å². The largest absolute Gasteiger partial charge is 0.486 e. The Labute approximate surface area is 241 Å². The number of nitrogens with one attached hydrogen (secondary N) is 2. The SMILES string of the molecule is C[C@H](CO)N1C[C@H](C)[C@H](CN(C)Cc2ccc(C(=O)O)cc2)Oc2c(NC(=O)NC3CCCCC3)cccc2C1=O. The standard InChI is InChI=1S/C31H42N4O6/c1-20-16-35(21(2)19-36)29(37)25-10-7-11-26(33-31(40)32-24-8-5-4-6-9-24)28(25)41-27(20)18-34(3)17-22-12-14-23(15-13-22)30(38)39/h7,10-15,20-21,24,27,36H,4-6,8-9,16-19H2,1-3H3,(H,38,39)(H2,32,33,40)/t20-,21+,27-/m0/s1. The fraction of sp³-hybridized carbons (Fsp3) is 0.516. The van der Waals surface area contributed by atoms with Gasteiger partial charge < -0.3 is 30.5 Å². The number of aliphatic hydroxyl groups excluding tert-OH is 1. The van der Waals surface area contributed by atoms with Crippen LogP contribution in [0, 0.1) is 5.92 Å². The highest BCUT2D eigenvalue weighted by Crippen LogP contribution is 2.35. The summed E-state index contributed by atoms with van der Waals surface area (Å²) in [5.41, 5.74) is 1.96. The van der Waals surface area contributed by atoms with Crippen molar-refractivity contribution in [1.82, 2.24) is 15.1 Å². The maximum atomic E-state index is 13.7. The molecule has 4 rings (SSSR count). The van der Waals surface area contributed by atoms with Crippen LogP contribution in [0.3, 0.4) is 0 Å². The van der Waals surface area contributed by atoms with Crippen molar-refractivity contribution in [3.05, 3.63) is 59.2 Å². The van der Waals surface area contributed by atoms with E-state index in [1.54, 1.807) is 47.4 Å². The number of urea groups is 1. The number of aromatic carboxylic acids is 1. The van der Waals surface area contributed by atoms with E-state index < -0.39 is 12.0 Å². The molecule has 41 heavy (non-hydrogen) atoms. The average Bonchev–Trinajstić information content (AvgIpc) is 2.95. The molecule has 1 saturated carbocycles. The van der Waals surface area contributed by atoms with Gasteiger partial charge in [-0.3, -0.25) is 9.69 Å². The molecular weight excluding hydrogens is 524 g/mol. The number of hydrogen-bond acceptors (Lipinski definition) is 6. The number of rotatable bonds is 9. The second kappa shape index (κ2) is 13.8. The topological polar surface area (TPSA) is 131 Å². The Morgan fingerprint density at radius 1 is 1.12 bits per heavy atom. The zero-order chi connectivity index (χ0) is 29.5. The molecule has 1 aliphatic carbocycles. The molecular formula is C31H42N4O6.